The number of ether oxygens (including phenoxy) is 2. The number of carbonyl (C=O) groups excluding carboxylic acids is 2. The highest BCUT2D eigenvalue weighted by atomic mass is 16.5. The van der Waals surface area contributed by atoms with Crippen LogP contribution in [0.3, 0.4) is 0 Å². The molecule has 1 saturated carbocycles. The number of carbonyl (C=O) groups is 2. The summed E-state index contributed by atoms with van der Waals surface area (Å²) in [6, 6.07) is 11.8. The number of urea groups is 1. The van der Waals surface area contributed by atoms with Gasteiger partial charge in [-0.25, -0.2) is 4.79 Å². The Bertz CT molecular complexity index is 1100. The molecular weight excluding hydrogens is 484 g/mol. The minimum atomic E-state index is -0.394. The molecule has 0 aromatic heterocycles. The minimum absolute atomic E-state index is 0.0635. The van der Waals surface area contributed by atoms with Crippen molar-refractivity contribution in [2.24, 2.45) is 11.8 Å². The summed E-state index contributed by atoms with van der Waals surface area (Å²) in [5.41, 5.74) is 1.89. The average molecular weight is 525 g/mol. The van der Waals surface area contributed by atoms with E-state index in [1.807, 2.05) is 13.0 Å². The van der Waals surface area contributed by atoms with Crippen molar-refractivity contribution in [2.45, 2.75) is 45.3 Å². The van der Waals surface area contributed by atoms with Gasteiger partial charge in [0.1, 0.15) is 17.6 Å². The first kappa shape index (κ1) is 27.7. The Morgan fingerprint density at radius 3 is 2.50 bits per heavy atom. The maximum atomic E-state index is 13.4. The number of nitrogens with zero attached hydrogens (tertiary/aromatic N) is 2. The van der Waals surface area contributed by atoms with Gasteiger partial charge < -0.3 is 35.0 Å². The Morgan fingerprint density at radius 2 is 1.84 bits per heavy atom. The van der Waals surface area contributed by atoms with Gasteiger partial charge >= 0.3 is 6.03 Å². The molecule has 0 radical (unpaired) electrons. The fourth-order valence-corrected chi connectivity index (χ4v) is 4.82. The van der Waals surface area contributed by atoms with Gasteiger partial charge in [0.05, 0.1) is 26.2 Å². The molecule has 3 amide bonds. The van der Waals surface area contributed by atoms with Gasteiger partial charge in [0.2, 0.25) is 5.91 Å². The van der Waals surface area contributed by atoms with E-state index in [2.05, 4.69) is 29.5 Å². The number of methoxy groups -OCH3 is 1. The molecule has 0 spiro atoms. The molecule has 2 aromatic rings. The van der Waals surface area contributed by atoms with Crippen LogP contribution in [0, 0.1) is 11.8 Å². The van der Waals surface area contributed by atoms with Gasteiger partial charge in [-0.05, 0) is 75.2 Å². The summed E-state index contributed by atoms with van der Waals surface area (Å²) >= 11 is 0. The predicted molar refractivity (Wildman–Crippen MR) is 148 cm³/mol. The lowest BCUT2D eigenvalue weighted by molar-refractivity contribution is -0.134. The zero-order valence-corrected chi connectivity index (χ0v) is 22.8. The Kier molecular flexibility index (Phi) is 9.12. The average Bonchev–Trinajstić information content (AvgIpc) is 3.71. The number of amides is 3. The van der Waals surface area contributed by atoms with Gasteiger partial charge in [-0.2, -0.15) is 0 Å². The van der Waals surface area contributed by atoms with Crippen molar-refractivity contribution in [1.29, 1.82) is 0 Å². The molecule has 2 aliphatic rings. The lowest BCUT2D eigenvalue weighted by atomic mass is 10.0. The highest BCUT2D eigenvalue weighted by Gasteiger charge is 2.32. The summed E-state index contributed by atoms with van der Waals surface area (Å²) in [7, 11) is 3.71. The molecule has 2 aromatic carbocycles. The lowest BCUT2D eigenvalue weighted by Gasteiger charge is -2.34. The molecule has 38 heavy (non-hydrogen) atoms. The first-order valence-corrected chi connectivity index (χ1v) is 13.4. The van der Waals surface area contributed by atoms with Crippen LogP contribution >= 0.6 is 0 Å². The number of rotatable bonds is 9. The summed E-state index contributed by atoms with van der Waals surface area (Å²) in [5, 5.41) is 15.5. The van der Waals surface area contributed by atoms with Crippen LogP contribution in [0.4, 0.5) is 16.2 Å². The van der Waals surface area contributed by atoms with E-state index < -0.39 is 6.03 Å². The maximum Gasteiger partial charge on any atom is 0.323 e. The number of likely N-dealkylation sites (N-methyl/N-ethyl adjacent to an activating group) is 1. The number of hydrogen-bond acceptors (Lipinski definition) is 6. The second kappa shape index (κ2) is 12.5. The molecule has 206 valence electrons. The third-order valence-electron chi connectivity index (χ3n) is 7.28. The van der Waals surface area contributed by atoms with Gasteiger partial charge in [-0.15, -0.1) is 0 Å². The predicted octanol–water partition coefficient (Wildman–Crippen LogP) is 3.83. The molecule has 3 N–H and O–H groups in total. The van der Waals surface area contributed by atoms with E-state index in [4.69, 9.17) is 9.47 Å². The summed E-state index contributed by atoms with van der Waals surface area (Å²) in [6.07, 6.45) is 2.56. The van der Waals surface area contributed by atoms with E-state index in [0.717, 1.165) is 19.0 Å². The second-order valence-electron chi connectivity index (χ2n) is 10.7. The molecule has 3 atom stereocenters. The van der Waals surface area contributed by atoms with Gasteiger partial charge in [0.25, 0.3) is 0 Å². The van der Waals surface area contributed by atoms with E-state index in [1.165, 1.54) is 12.8 Å². The summed E-state index contributed by atoms with van der Waals surface area (Å²) in [6.45, 7) is 6.15. The monoisotopic (exact) mass is 524 g/mol. The third kappa shape index (κ3) is 7.39. The Balaban J connectivity index is 1.53. The maximum absolute atomic E-state index is 13.4. The van der Waals surface area contributed by atoms with Crippen molar-refractivity contribution in [3.8, 4) is 11.5 Å². The van der Waals surface area contributed by atoms with Crippen LogP contribution < -0.4 is 20.1 Å². The SMILES string of the molecule is COc1ccc(NC(=O)Nc2ccc3c(c2)CC(=O)N([C@@H](C)CO)C[C@H](C)[C@H](CN(C)CC2CC2)O3)cc1. The highest BCUT2D eigenvalue weighted by molar-refractivity contribution is 6.00. The number of hydrogen-bond donors (Lipinski definition) is 3. The standard InChI is InChI=1S/C29H40N4O5/c1-19-15-33(20(2)18-34)28(35)14-22-13-24(31-29(36)30-23-7-10-25(37-4)11-8-23)9-12-26(22)38-27(19)17-32(3)16-21-5-6-21/h7-13,19-21,27,34H,5-6,14-18H2,1-4H3,(H2,30,31,36)/t19-,20-,27-/m0/s1. The molecule has 9 nitrogen and oxygen atoms in total. The summed E-state index contributed by atoms with van der Waals surface area (Å²) in [4.78, 5) is 30.1. The fourth-order valence-electron chi connectivity index (χ4n) is 4.82. The van der Waals surface area contributed by atoms with Crippen molar-refractivity contribution in [1.82, 2.24) is 9.80 Å². The molecular formula is C29H40N4O5. The molecule has 0 saturated heterocycles. The topological polar surface area (TPSA) is 103 Å². The van der Waals surface area contributed by atoms with Gasteiger partial charge in [0.15, 0.2) is 0 Å². The Hall–Kier alpha value is -3.30. The number of nitrogens with one attached hydrogen (secondary N) is 2. The fraction of sp³-hybridized carbons (Fsp3) is 0.517. The molecule has 1 fully saturated rings. The zero-order chi connectivity index (χ0) is 27.2. The molecule has 1 aliphatic heterocycles. The van der Waals surface area contributed by atoms with Crippen molar-refractivity contribution >= 4 is 23.3 Å². The lowest BCUT2D eigenvalue weighted by Crippen LogP contribution is -2.47. The van der Waals surface area contributed by atoms with Crippen molar-refractivity contribution < 1.29 is 24.2 Å². The molecule has 1 heterocycles. The number of fused-ring (bicyclic) bond motifs is 1. The third-order valence-corrected chi connectivity index (χ3v) is 7.28. The van der Waals surface area contributed by atoms with Crippen molar-refractivity contribution in [3.05, 3.63) is 48.0 Å². The van der Waals surface area contributed by atoms with Crippen LogP contribution in [-0.2, 0) is 11.2 Å². The molecule has 1 aliphatic carbocycles. The second-order valence-corrected chi connectivity index (χ2v) is 10.7. The first-order chi connectivity index (χ1) is 18.2. The van der Waals surface area contributed by atoms with E-state index in [9.17, 15) is 14.7 Å². The van der Waals surface area contributed by atoms with Crippen LogP contribution in [0.1, 0.15) is 32.3 Å². The van der Waals surface area contributed by atoms with E-state index in [1.54, 1.807) is 48.4 Å². The molecule has 9 heteroatoms. The van der Waals surface area contributed by atoms with Crippen LogP contribution in [-0.4, -0.2) is 79.4 Å². The molecule has 0 bridgehead atoms. The number of aliphatic hydroxyl groups is 1. The smallest absolute Gasteiger partial charge is 0.323 e. The largest absolute Gasteiger partial charge is 0.497 e. The van der Waals surface area contributed by atoms with Crippen LogP contribution in [0.2, 0.25) is 0 Å². The highest BCUT2D eigenvalue weighted by Crippen LogP contribution is 2.31. The molecule has 4 rings (SSSR count). The van der Waals surface area contributed by atoms with Gasteiger partial charge in [0, 0.05) is 42.5 Å². The quantitative estimate of drug-likeness (QED) is 0.461. The normalized spacial score (nSPS) is 20.5. The van der Waals surface area contributed by atoms with Gasteiger partial charge in [-0.1, -0.05) is 6.92 Å². The van der Waals surface area contributed by atoms with E-state index in [-0.39, 0.29) is 37.0 Å². The van der Waals surface area contributed by atoms with E-state index >= 15 is 0 Å². The summed E-state index contributed by atoms with van der Waals surface area (Å²) in [5.74, 6) is 2.11. The number of benzene rings is 2. The zero-order valence-electron chi connectivity index (χ0n) is 22.8. The van der Waals surface area contributed by atoms with Crippen LogP contribution in [0.25, 0.3) is 0 Å². The first-order valence-electron chi connectivity index (χ1n) is 13.4. The Labute approximate surface area is 225 Å². The van der Waals surface area contributed by atoms with Crippen LogP contribution in [0.5, 0.6) is 11.5 Å². The summed E-state index contributed by atoms with van der Waals surface area (Å²) < 4.78 is 11.7. The van der Waals surface area contributed by atoms with Crippen molar-refractivity contribution in [3.63, 3.8) is 0 Å². The molecule has 0 unspecified atom stereocenters. The van der Waals surface area contributed by atoms with Crippen molar-refractivity contribution in [2.75, 3.05) is 51.0 Å². The van der Waals surface area contributed by atoms with E-state index in [0.29, 0.717) is 35.0 Å². The number of anilines is 2. The van der Waals surface area contributed by atoms with Crippen LogP contribution in [0.15, 0.2) is 42.5 Å². The van der Waals surface area contributed by atoms with Gasteiger partial charge in [-0.3, -0.25) is 4.79 Å². The number of aliphatic hydroxyl groups excluding tert-OH is 1. The minimum Gasteiger partial charge on any atom is -0.497 e. The Morgan fingerprint density at radius 1 is 1.16 bits per heavy atom.